The molecule has 102 valence electrons. The average Bonchev–Trinajstić information content (AvgIpc) is 2.48. The summed E-state index contributed by atoms with van der Waals surface area (Å²) in [6, 6.07) is 1.35. The second-order valence-electron chi connectivity index (χ2n) is 4.01. The summed E-state index contributed by atoms with van der Waals surface area (Å²) in [6.07, 6.45) is 3.36. The Morgan fingerprint density at radius 2 is 1.84 bits per heavy atom. The molecule has 2 rings (SSSR count). The number of urea groups is 1. The zero-order valence-electron chi connectivity index (χ0n) is 10.3. The molecule has 1 aromatic heterocycles. The quantitative estimate of drug-likeness (QED) is 0.778. The van der Waals surface area contributed by atoms with Crippen LogP contribution in [0.15, 0.2) is 18.5 Å². The summed E-state index contributed by atoms with van der Waals surface area (Å²) in [5.74, 6) is -0.0521. The second kappa shape index (κ2) is 6.33. The van der Waals surface area contributed by atoms with E-state index in [1.165, 1.54) is 0 Å². The number of nitrogens with zero attached hydrogens (tertiary/aromatic N) is 4. The van der Waals surface area contributed by atoms with Gasteiger partial charge in [0.25, 0.3) is 0 Å². The minimum Gasteiger partial charge on any atom is -0.337 e. The molecule has 1 N–H and O–H groups in total. The summed E-state index contributed by atoms with van der Waals surface area (Å²) in [7, 11) is 0. The van der Waals surface area contributed by atoms with Gasteiger partial charge in [0, 0.05) is 38.6 Å². The predicted octanol–water partition coefficient (Wildman–Crippen LogP) is 0.0736. The van der Waals surface area contributed by atoms with E-state index in [0.29, 0.717) is 32.1 Å². The SMILES string of the molecule is O=C(CCl)NC(=O)N1CCN(c2ncccn2)CC1. The molecular weight excluding hydrogens is 270 g/mol. The van der Waals surface area contributed by atoms with Gasteiger partial charge in [-0.2, -0.15) is 0 Å². The molecule has 1 fully saturated rings. The lowest BCUT2D eigenvalue weighted by atomic mass is 10.3. The number of hydrogen-bond acceptors (Lipinski definition) is 5. The summed E-state index contributed by atoms with van der Waals surface area (Å²) < 4.78 is 0. The molecule has 3 amide bonds. The standard InChI is InChI=1S/C11H14ClN5O2/c12-8-9(18)15-11(19)17-6-4-16(5-7-17)10-13-2-1-3-14-10/h1-3H,4-8H2,(H,15,18,19). The van der Waals surface area contributed by atoms with Crippen molar-refractivity contribution < 1.29 is 9.59 Å². The number of hydrogen-bond donors (Lipinski definition) is 1. The Morgan fingerprint density at radius 3 is 2.42 bits per heavy atom. The van der Waals surface area contributed by atoms with Gasteiger partial charge in [-0.3, -0.25) is 10.1 Å². The van der Waals surface area contributed by atoms with Crippen LogP contribution in [0.25, 0.3) is 0 Å². The highest BCUT2D eigenvalue weighted by Crippen LogP contribution is 2.09. The molecule has 2 heterocycles. The smallest absolute Gasteiger partial charge is 0.324 e. The molecule has 0 radical (unpaired) electrons. The van der Waals surface area contributed by atoms with Gasteiger partial charge in [0.1, 0.15) is 5.88 Å². The minimum atomic E-state index is -0.486. The molecule has 0 atom stereocenters. The fourth-order valence-electron chi connectivity index (χ4n) is 1.80. The molecule has 0 saturated carbocycles. The Hall–Kier alpha value is -1.89. The van der Waals surface area contributed by atoms with Crippen molar-refractivity contribution in [3.8, 4) is 0 Å². The van der Waals surface area contributed by atoms with Crippen LogP contribution in [0.3, 0.4) is 0 Å². The maximum absolute atomic E-state index is 11.7. The van der Waals surface area contributed by atoms with Gasteiger partial charge >= 0.3 is 6.03 Å². The van der Waals surface area contributed by atoms with Crippen molar-refractivity contribution in [2.24, 2.45) is 0 Å². The van der Waals surface area contributed by atoms with Crippen molar-refractivity contribution in [2.75, 3.05) is 37.0 Å². The van der Waals surface area contributed by atoms with Crippen molar-refractivity contribution in [3.05, 3.63) is 18.5 Å². The molecule has 1 aromatic rings. The Kier molecular flexibility index (Phi) is 4.51. The number of piperazine rings is 1. The molecule has 1 saturated heterocycles. The first kappa shape index (κ1) is 13.5. The first-order valence-corrected chi connectivity index (χ1v) is 6.41. The lowest BCUT2D eigenvalue weighted by molar-refractivity contribution is -0.117. The molecule has 1 aliphatic heterocycles. The maximum atomic E-state index is 11.7. The zero-order valence-corrected chi connectivity index (χ0v) is 11.0. The maximum Gasteiger partial charge on any atom is 0.324 e. The van der Waals surface area contributed by atoms with Crippen LogP contribution in [-0.4, -0.2) is 58.9 Å². The molecule has 8 heteroatoms. The number of carbonyl (C=O) groups excluding carboxylic acids is 2. The monoisotopic (exact) mass is 283 g/mol. The average molecular weight is 284 g/mol. The number of nitrogens with one attached hydrogen (secondary N) is 1. The highest BCUT2D eigenvalue weighted by molar-refractivity contribution is 6.28. The summed E-state index contributed by atoms with van der Waals surface area (Å²) in [5, 5.41) is 2.22. The van der Waals surface area contributed by atoms with Crippen LogP contribution in [0.1, 0.15) is 0 Å². The van der Waals surface area contributed by atoms with Gasteiger partial charge in [0.15, 0.2) is 0 Å². The van der Waals surface area contributed by atoms with E-state index in [4.69, 9.17) is 11.6 Å². The van der Waals surface area contributed by atoms with Crippen LogP contribution in [0.2, 0.25) is 0 Å². The highest BCUT2D eigenvalue weighted by atomic mass is 35.5. The van der Waals surface area contributed by atoms with E-state index in [0.717, 1.165) is 0 Å². The van der Waals surface area contributed by atoms with Gasteiger partial charge in [-0.05, 0) is 6.07 Å². The van der Waals surface area contributed by atoms with Crippen LogP contribution in [0.5, 0.6) is 0 Å². The van der Waals surface area contributed by atoms with E-state index in [1.54, 1.807) is 23.4 Å². The number of carbonyl (C=O) groups is 2. The third kappa shape index (κ3) is 3.54. The number of alkyl halides is 1. The van der Waals surface area contributed by atoms with Crippen LogP contribution in [-0.2, 0) is 4.79 Å². The van der Waals surface area contributed by atoms with Gasteiger partial charge in [-0.25, -0.2) is 14.8 Å². The van der Waals surface area contributed by atoms with Crippen molar-refractivity contribution in [1.82, 2.24) is 20.2 Å². The Bertz CT molecular complexity index is 448. The second-order valence-corrected chi connectivity index (χ2v) is 4.28. The van der Waals surface area contributed by atoms with E-state index in [1.807, 2.05) is 4.90 Å². The number of rotatable bonds is 2. The molecule has 1 aliphatic rings. The lowest BCUT2D eigenvalue weighted by Crippen LogP contribution is -2.53. The largest absolute Gasteiger partial charge is 0.337 e. The number of anilines is 1. The number of aromatic nitrogens is 2. The van der Waals surface area contributed by atoms with Crippen molar-refractivity contribution in [1.29, 1.82) is 0 Å². The molecule has 0 bridgehead atoms. The van der Waals surface area contributed by atoms with E-state index in [2.05, 4.69) is 15.3 Å². The van der Waals surface area contributed by atoms with E-state index < -0.39 is 11.9 Å². The minimum absolute atomic E-state index is 0.219. The summed E-state index contributed by atoms with van der Waals surface area (Å²) >= 11 is 5.33. The summed E-state index contributed by atoms with van der Waals surface area (Å²) in [5.41, 5.74) is 0. The molecule has 19 heavy (non-hydrogen) atoms. The van der Waals surface area contributed by atoms with Crippen molar-refractivity contribution >= 4 is 29.5 Å². The van der Waals surface area contributed by atoms with Gasteiger partial charge in [0.2, 0.25) is 11.9 Å². The Morgan fingerprint density at radius 1 is 1.21 bits per heavy atom. The van der Waals surface area contributed by atoms with Crippen LogP contribution >= 0.6 is 11.6 Å². The lowest BCUT2D eigenvalue weighted by Gasteiger charge is -2.34. The molecule has 7 nitrogen and oxygen atoms in total. The molecule has 0 aromatic carbocycles. The van der Waals surface area contributed by atoms with Gasteiger partial charge in [-0.1, -0.05) is 0 Å². The molecular formula is C11H14ClN5O2. The molecule has 0 aliphatic carbocycles. The predicted molar refractivity (Wildman–Crippen MR) is 70.1 cm³/mol. The van der Waals surface area contributed by atoms with Crippen molar-refractivity contribution in [3.63, 3.8) is 0 Å². The molecule has 0 spiro atoms. The zero-order chi connectivity index (χ0) is 13.7. The third-order valence-corrected chi connectivity index (χ3v) is 3.01. The van der Waals surface area contributed by atoms with Crippen LogP contribution in [0, 0.1) is 0 Å². The van der Waals surface area contributed by atoms with Gasteiger partial charge in [0.05, 0.1) is 0 Å². The number of halogens is 1. The van der Waals surface area contributed by atoms with Crippen LogP contribution < -0.4 is 10.2 Å². The number of imide groups is 1. The van der Waals surface area contributed by atoms with Crippen LogP contribution in [0.4, 0.5) is 10.7 Å². The fraction of sp³-hybridized carbons (Fsp3) is 0.455. The third-order valence-electron chi connectivity index (χ3n) is 2.77. The summed E-state index contributed by atoms with van der Waals surface area (Å²) in [4.78, 5) is 34.6. The first-order chi connectivity index (χ1) is 9.20. The van der Waals surface area contributed by atoms with E-state index in [-0.39, 0.29) is 5.88 Å². The normalized spacial score (nSPS) is 15.2. The first-order valence-electron chi connectivity index (χ1n) is 5.87. The van der Waals surface area contributed by atoms with E-state index >= 15 is 0 Å². The van der Waals surface area contributed by atoms with Gasteiger partial charge < -0.3 is 9.80 Å². The summed E-state index contributed by atoms with van der Waals surface area (Å²) in [6.45, 7) is 2.29. The van der Waals surface area contributed by atoms with E-state index in [9.17, 15) is 9.59 Å². The number of amides is 3. The van der Waals surface area contributed by atoms with Gasteiger partial charge in [-0.15, -0.1) is 11.6 Å². The highest BCUT2D eigenvalue weighted by Gasteiger charge is 2.23. The topological polar surface area (TPSA) is 78.4 Å². The Labute approximate surface area is 115 Å². The molecule has 0 unspecified atom stereocenters. The Balaban J connectivity index is 1.86. The fourth-order valence-corrected chi connectivity index (χ4v) is 1.86. The van der Waals surface area contributed by atoms with Crippen molar-refractivity contribution in [2.45, 2.75) is 0 Å².